The van der Waals surface area contributed by atoms with Crippen molar-refractivity contribution < 1.29 is 13.2 Å². The zero-order valence-electron chi connectivity index (χ0n) is 8.20. The van der Waals surface area contributed by atoms with E-state index in [1.54, 1.807) is 0 Å². The van der Waals surface area contributed by atoms with Crippen molar-refractivity contribution >= 4 is 68.9 Å². The van der Waals surface area contributed by atoms with Gasteiger partial charge in [-0.15, -0.1) is 0 Å². The van der Waals surface area contributed by atoms with Gasteiger partial charge in [0.1, 0.15) is 0 Å². The van der Waals surface area contributed by atoms with E-state index in [9.17, 15) is 13.2 Å². The fourth-order valence-corrected chi connectivity index (χ4v) is 1.39. The smallest absolute Gasteiger partial charge is 0.236 e. The summed E-state index contributed by atoms with van der Waals surface area (Å²) >= 11 is 27.2. The number of nitrogens with zero attached hydrogens (tertiary/aromatic N) is 1. The minimum atomic E-state index is -4.64. The van der Waals surface area contributed by atoms with Crippen LogP contribution in [0.3, 0.4) is 0 Å². The highest BCUT2D eigenvalue weighted by Crippen LogP contribution is 2.39. The van der Waals surface area contributed by atoms with Crippen LogP contribution in [0.1, 0.15) is 5.56 Å². The molecule has 0 saturated carbocycles. The molecule has 0 aliphatic carbocycles. The van der Waals surface area contributed by atoms with Gasteiger partial charge >= 0.3 is 6.18 Å². The standard InChI is InChI=1S/C9H3Cl5F3N/c10-4-1-2-6(5(3-4)9(15,16)17)18-7(11)8(12,13)14/h1-3H. The normalized spacial score (nSPS) is 13.9. The van der Waals surface area contributed by atoms with Crippen molar-refractivity contribution in [2.45, 2.75) is 9.97 Å². The Morgan fingerprint density at radius 2 is 1.67 bits per heavy atom. The van der Waals surface area contributed by atoms with Crippen LogP contribution in [0.15, 0.2) is 23.2 Å². The molecule has 1 aromatic carbocycles. The van der Waals surface area contributed by atoms with Gasteiger partial charge in [-0.05, 0) is 18.2 Å². The van der Waals surface area contributed by atoms with Crippen molar-refractivity contribution in [3.05, 3.63) is 28.8 Å². The molecule has 1 nitrogen and oxygen atoms in total. The Hall–Kier alpha value is 0.130. The zero-order chi connectivity index (χ0) is 14.1. The largest absolute Gasteiger partial charge is 0.418 e. The van der Waals surface area contributed by atoms with Crippen LogP contribution in [0.25, 0.3) is 0 Å². The Morgan fingerprint density at radius 1 is 1.11 bits per heavy atom. The predicted octanol–water partition coefficient (Wildman–Crippen LogP) is 6.00. The van der Waals surface area contributed by atoms with E-state index in [1.807, 2.05) is 0 Å². The lowest BCUT2D eigenvalue weighted by molar-refractivity contribution is -0.137. The number of rotatable bonds is 1. The summed E-state index contributed by atoms with van der Waals surface area (Å²) in [5.41, 5.74) is -1.55. The van der Waals surface area contributed by atoms with Crippen molar-refractivity contribution in [2.75, 3.05) is 0 Å². The number of halogens is 8. The maximum absolute atomic E-state index is 12.7. The molecule has 0 bridgehead atoms. The van der Waals surface area contributed by atoms with E-state index < -0.39 is 26.4 Å². The molecular formula is C9H3Cl5F3N. The van der Waals surface area contributed by atoms with Crippen molar-refractivity contribution in [3.8, 4) is 0 Å². The Morgan fingerprint density at radius 3 is 2.11 bits per heavy atom. The Labute approximate surface area is 125 Å². The van der Waals surface area contributed by atoms with Gasteiger partial charge in [-0.1, -0.05) is 58.0 Å². The first-order valence-electron chi connectivity index (χ1n) is 4.20. The van der Waals surface area contributed by atoms with Crippen LogP contribution in [-0.4, -0.2) is 8.96 Å². The lowest BCUT2D eigenvalue weighted by Crippen LogP contribution is -2.13. The van der Waals surface area contributed by atoms with E-state index >= 15 is 0 Å². The lowest BCUT2D eigenvalue weighted by Gasteiger charge is -2.12. The van der Waals surface area contributed by atoms with Crippen LogP contribution in [0.5, 0.6) is 0 Å². The molecule has 0 radical (unpaired) electrons. The minimum absolute atomic E-state index is 0.0914. The molecule has 1 aromatic rings. The molecule has 0 saturated heterocycles. The molecule has 9 heteroatoms. The summed E-state index contributed by atoms with van der Waals surface area (Å²) in [6.07, 6.45) is -4.64. The first-order valence-corrected chi connectivity index (χ1v) is 6.09. The third kappa shape index (κ3) is 4.35. The molecule has 0 N–H and O–H groups in total. The Balaban J connectivity index is 3.35. The van der Waals surface area contributed by atoms with Gasteiger partial charge < -0.3 is 0 Å². The second-order valence-electron chi connectivity index (χ2n) is 3.06. The van der Waals surface area contributed by atoms with E-state index in [0.29, 0.717) is 6.07 Å². The van der Waals surface area contributed by atoms with Crippen molar-refractivity contribution in [1.82, 2.24) is 0 Å². The summed E-state index contributed by atoms with van der Waals surface area (Å²) in [6, 6.07) is 2.96. The molecule has 0 heterocycles. The third-order valence-corrected chi connectivity index (χ3v) is 3.15. The van der Waals surface area contributed by atoms with Crippen LogP contribution in [-0.2, 0) is 6.18 Å². The first-order chi connectivity index (χ1) is 8.01. The van der Waals surface area contributed by atoms with Gasteiger partial charge in [-0.3, -0.25) is 0 Å². The third-order valence-electron chi connectivity index (χ3n) is 1.72. The van der Waals surface area contributed by atoms with Gasteiger partial charge in [-0.2, -0.15) is 13.2 Å². The maximum Gasteiger partial charge on any atom is 0.418 e. The molecule has 100 valence electrons. The molecule has 0 aromatic heterocycles. The topological polar surface area (TPSA) is 12.4 Å². The van der Waals surface area contributed by atoms with E-state index in [4.69, 9.17) is 58.0 Å². The average Bonchev–Trinajstić information content (AvgIpc) is 2.17. The molecule has 0 aliphatic heterocycles. The highest BCUT2D eigenvalue weighted by molar-refractivity contribution is 6.89. The van der Waals surface area contributed by atoms with Crippen LogP contribution in [0, 0.1) is 0 Å². The fourth-order valence-electron chi connectivity index (χ4n) is 1.00. The van der Waals surface area contributed by atoms with Gasteiger partial charge in [0.2, 0.25) is 3.79 Å². The number of benzene rings is 1. The van der Waals surface area contributed by atoms with Crippen LogP contribution < -0.4 is 0 Å². The van der Waals surface area contributed by atoms with Crippen LogP contribution in [0.4, 0.5) is 18.9 Å². The molecule has 0 fully saturated rings. The summed E-state index contributed by atoms with van der Waals surface area (Å²) in [5.74, 6) is 0. The molecule has 1 rings (SSSR count). The highest BCUT2D eigenvalue weighted by atomic mass is 35.6. The molecule has 0 aliphatic rings. The molecule has 18 heavy (non-hydrogen) atoms. The predicted molar refractivity (Wildman–Crippen MR) is 69.7 cm³/mol. The minimum Gasteiger partial charge on any atom is -0.236 e. The van der Waals surface area contributed by atoms with Crippen molar-refractivity contribution in [2.24, 2.45) is 4.99 Å². The molecule has 0 atom stereocenters. The molecule has 0 spiro atoms. The van der Waals surface area contributed by atoms with E-state index in [2.05, 4.69) is 4.99 Å². The maximum atomic E-state index is 12.7. The fraction of sp³-hybridized carbons (Fsp3) is 0.222. The lowest BCUT2D eigenvalue weighted by atomic mass is 10.2. The average molecular weight is 359 g/mol. The summed E-state index contributed by atoms with van der Waals surface area (Å²) in [4.78, 5) is 3.45. The van der Waals surface area contributed by atoms with Gasteiger partial charge in [0, 0.05) is 5.02 Å². The molecular weight excluding hydrogens is 356 g/mol. The quantitative estimate of drug-likeness (QED) is 0.431. The number of alkyl halides is 6. The number of aliphatic imine (C=N–C) groups is 1. The van der Waals surface area contributed by atoms with Gasteiger partial charge in [0.05, 0.1) is 11.3 Å². The Bertz CT molecular complexity index is 478. The summed E-state index contributed by atoms with van der Waals surface area (Å²) in [6.45, 7) is 0. The van der Waals surface area contributed by atoms with Crippen molar-refractivity contribution in [3.63, 3.8) is 0 Å². The summed E-state index contributed by atoms with van der Waals surface area (Å²) < 4.78 is 36.0. The Kier molecular flexibility index (Phi) is 5.06. The van der Waals surface area contributed by atoms with Crippen LogP contribution >= 0.6 is 58.0 Å². The highest BCUT2D eigenvalue weighted by Gasteiger charge is 2.35. The second-order valence-corrected chi connectivity index (χ2v) is 6.14. The first kappa shape index (κ1) is 16.2. The van der Waals surface area contributed by atoms with E-state index in [-0.39, 0.29) is 5.02 Å². The van der Waals surface area contributed by atoms with E-state index in [1.165, 1.54) is 6.07 Å². The van der Waals surface area contributed by atoms with Crippen molar-refractivity contribution in [1.29, 1.82) is 0 Å². The number of hydrogen-bond donors (Lipinski definition) is 0. The van der Waals surface area contributed by atoms with Gasteiger partial charge in [-0.25, -0.2) is 4.99 Å². The SMILES string of the molecule is FC(F)(F)c1cc(Cl)ccc1N=C(Cl)C(Cl)(Cl)Cl. The zero-order valence-corrected chi connectivity index (χ0v) is 12.0. The molecule has 0 amide bonds. The molecule has 0 unspecified atom stereocenters. The summed E-state index contributed by atoms with van der Waals surface area (Å²) in [7, 11) is 0. The monoisotopic (exact) mass is 357 g/mol. The van der Waals surface area contributed by atoms with E-state index in [0.717, 1.165) is 6.07 Å². The second kappa shape index (κ2) is 5.63. The van der Waals surface area contributed by atoms with Gasteiger partial charge in [0.25, 0.3) is 0 Å². The van der Waals surface area contributed by atoms with Crippen LogP contribution in [0.2, 0.25) is 5.02 Å². The number of hydrogen-bond acceptors (Lipinski definition) is 1. The summed E-state index contributed by atoms with van der Waals surface area (Å²) in [5, 5.41) is -0.688. The van der Waals surface area contributed by atoms with Gasteiger partial charge in [0.15, 0.2) is 5.17 Å².